The number of hydrogen-bond donors (Lipinski definition) is 0. The summed E-state index contributed by atoms with van der Waals surface area (Å²) in [6, 6.07) is 55.6. The third-order valence-corrected chi connectivity index (χ3v) is 9.60. The van der Waals surface area contributed by atoms with Crippen molar-refractivity contribution in [3.05, 3.63) is 174 Å². The average molecular weight is 636 g/mol. The van der Waals surface area contributed by atoms with Gasteiger partial charge < -0.3 is 9.13 Å². The zero-order valence-electron chi connectivity index (χ0n) is 26.7. The Hall–Kier alpha value is -7.39. The number of hydrogen-bond acceptors (Lipinski definition) is 2. The van der Waals surface area contributed by atoms with E-state index in [0.717, 1.165) is 66.5 Å². The van der Waals surface area contributed by atoms with E-state index in [1.807, 2.05) is 60.7 Å². The molecule has 0 aliphatic heterocycles. The highest BCUT2D eigenvalue weighted by Gasteiger charge is 2.19. The number of benzene rings is 7. The van der Waals surface area contributed by atoms with Gasteiger partial charge in [-0.25, -0.2) is 4.85 Å². The molecule has 0 spiro atoms. The summed E-state index contributed by atoms with van der Waals surface area (Å²) in [5.41, 5.74) is 11.1. The van der Waals surface area contributed by atoms with Gasteiger partial charge in [0, 0.05) is 33.0 Å². The van der Waals surface area contributed by atoms with Gasteiger partial charge in [-0.15, -0.1) is 0 Å². The lowest BCUT2D eigenvalue weighted by Gasteiger charge is -2.16. The molecule has 0 unspecified atom stereocenters. The van der Waals surface area contributed by atoms with E-state index in [1.165, 1.54) is 10.8 Å². The molecule has 0 aliphatic rings. The van der Waals surface area contributed by atoms with Crippen LogP contribution in [-0.4, -0.2) is 9.13 Å². The predicted molar refractivity (Wildman–Crippen MR) is 202 cm³/mol. The number of para-hydroxylation sites is 3. The quantitative estimate of drug-likeness (QED) is 0.181. The Bertz CT molecular complexity index is 2920. The Morgan fingerprint density at radius 1 is 0.480 bits per heavy atom. The fraction of sp³-hybridized carbons (Fsp3) is 0. The molecule has 0 saturated heterocycles. The molecule has 0 fully saturated rings. The van der Waals surface area contributed by atoms with Gasteiger partial charge in [0.1, 0.15) is 0 Å². The number of nitriles is 2. The zero-order valence-corrected chi connectivity index (χ0v) is 26.7. The van der Waals surface area contributed by atoms with Gasteiger partial charge >= 0.3 is 0 Å². The van der Waals surface area contributed by atoms with E-state index in [4.69, 9.17) is 6.57 Å². The van der Waals surface area contributed by atoms with Crippen LogP contribution in [0, 0.1) is 29.2 Å². The molecular formula is C45H25N5. The Kier molecular flexibility index (Phi) is 6.56. The largest absolute Gasteiger partial charge is 0.309 e. The lowest BCUT2D eigenvalue weighted by Crippen LogP contribution is -1.99. The highest BCUT2D eigenvalue weighted by Crippen LogP contribution is 2.40. The molecule has 5 nitrogen and oxygen atoms in total. The van der Waals surface area contributed by atoms with Crippen molar-refractivity contribution < 1.29 is 0 Å². The van der Waals surface area contributed by atoms with Crippen molar-refractivity contribution in [2.24, 2.45) is 0 Å². The second kappa shape index (κ2) is 11.4. The highest BCUT2D eigenvalue weighted by molar-refractivity contribution is 6.11. The topological polar surface area (TPSA) is 61.8 Å². The van der Waals surface area contributed by atoms with Crippen LogP contribution in [0.1, 0.15) is 11.1 Å². The predicted octanol–water partition coefficient (Wildman–Crippen LogP) is 11.5. The molecule has 0 bridgehead atoms. The van der Waals surface area contributed by atoms with E-state index < -0.39 is 0 Å². The highest BCUT2D eigenvalue weighted by atomic mass is 15.0. The smallest absolute Gasteiger partial charge is 0.188 e. The SMILES string of the molecule is [C-]#[N+]c1ccc2c(c1)c1ccccc1n2-c1ccc(C#N)cc1-c1ccc(-c2cccc(-n3c4ccccc4c4ccccc43)c2)cc1C#N. The van der Waals surface area contributed by atoms with Gasteiger partial charge in [-0.05, 0) is 83.2 Å². The standard InChI is InChI=1S/C45H25N5/c1-48-33-19-22-45-40(26-33)38-13-4-7-16-43(38)50(45)44-21-17-29(27-46)23-39(44)35-20-18-31(24-32(35)28-47)30-9-8-10-34(25-30)49-41-14-5-2-11-36(41)37-12-3-6-15-42(37)49/h2-26H. The maximum atomic E-state index is 10.6. The van der Waals surface area contributed by atoms with Gasteiger partial charge in [0.25, 0.3) is 0 Å². The second-order valence-corrected chi connectivity index (χ2v) is 12.3. The minimum Gasteiger partial charge on any atom is -0.309 e. The third-order valence-electron chi connectivity index (χ3n) is 9.60. The average Bonchev–Trinajstić information content (AvgIpc) is 3.70. The minimum absolute atomic E-state index is 0.506. The molecule has 9 rings (SSSR count). The van der Waals surface area contributed by atoms with Gasteiger partial charge in [0.05, 0.1) is 57.6 Å². The molecule has 2 heterocycles. The maximum absolute atomic E-state index is 10.6. The van der Waals surface area contributed by atoms with Crippen LogP contribution >= 0.6 is 0 Å². The van der Waals surface area contributed by atoms with Crippen LogP contribution in [0.5, 0.6) is 0 Å². The van der Waals surface area contributed by atoms with Crippen LogP contribution in [0.2, 0.25) is 0 Å². The number of rotatable bonds is 4. The Labute approximate surface area is 288 Å². The molecule has 50 heavy (non-hydrogen) atoms. The summed E-state index contributed by atoms with van der Waals surface area (Å²) >= 11 is 0. The monoisotopic (exact) mass is 635 g/mol. The van der Waals surface area contributed by atoms with E-state index in [0.29, 0.717) is 16.8 Å². The van der Waals surface area contributed by atoms with Crippen LogP contribution < -0.4 is 0 Å². The van der Waals surface area contributed by atoms with E-state index in [9.17, 15) is 10.5 Å². The maximum Gasteiger partial charge on any atom is 0.188 e. The molecule has 0 radical (unpaired) electrons. The summed E-state index contributed by atoms with van der Waals surface area (Å²) < 4.78 is 4.46. The summed E-state index contributed by atoms with van der Waals surface area (Å²) in [6.45, 7) is 7.58. The third kappa shape index (κ3) is 4.38. The van der Waals surface area contributed by atoms with Crippen molar-refractivity contribution in [3.63, 3.8) is 0 Å². The Morgan fingerprint density at radius 3 is 1.80 bits per heavy atom. The first-order valence-corrected chi connectivity index (χ1v) is 16.3. The van der Waals surface area contributed by atoms with Crippen molar-refractivity contribution in [1.29, 1.82) is 10.5 Å². The molecular weight excluding hydrogens is 611 g/mol. The molecule has 0 amide bonds. The van der Waals surface area contributed by atoms with E-state index in [-0.39, 0.29) is 0 Å². The van der Waals surface area contributed by atoms with Gasteiger partial charge in [-0.1, -0.05) is 84.9 Å². The second-order valence-electron chi connectivity index (χ2n) is 12.3. The minimum atomic E-state index is 0.506. The van der Waals surface area contributed by atoms with Crippen molar-refractivity contribution >= 4 is 49.3 Å². The summed E-state index contributed by atoms with van der Waals surface area (Å²) in [5.74, 6) is 0. The summed E-state index contributed by atoms with van der Waals surface area (Å²) in [6.07, 6.45) is 0. The van der Waals surface area contributed by atoms with Gasteiger partial charge in [-0.3, -0.25) is 0 Å². The number of fused-ring (bicyclic) bond motifs is 6. The molecule has 2 aromatic heterocycles. The fourth-order valence-electron chi connectivity index (χ4n) is 7.38. The van der Waals surface area contributed by atoms with E-state index >= 15 is 0 Å². The first-order chi connectivity index (χ1) is 24.7. The molecule has 9 aromatic rings. The van der Waals surface area contributed by atoms with Crippen molar-refractivity contribution in [1.82, 2.24) is 9.13 Å². The van der Waals surface area contributed by atoms with Gasteiger partial charge in [0.2, 0.25) is 0 Å². The summed E-state index contributed by atoms with van der Waals surface area (Å²) in [7, 11) is 0. The van der Waals surface area contributed by atoms with Crippen LogP contribution in [0.25, 0.3) is 82.1 Å². The van der Waals surface area contributed by atoms with E-state index in [1.54, 1.807) is 0 Å². The fourth-order valence-corrected chi connectivity index (χ4v) is 7.38. The van der Waals surface area contributed by atoms with Crippen molar-refractivity contribution in [2.45, 2.75) is 0 Å². The van der Waals surface area contributed by atoms with Crippen molar-refractivity contribution in [2.75, 3.05) is 0 Å². The van der Waals surface area contributed by atoms with Gasteiger partial charge in [0.15, 0.2) is 5.69 Å². The van der Waals surface area contributed by atoms with Crippen LogP contribution in [0.4, 0.5) is 5.69 Å². The number of aromatic nitrogens is 2. The van der Waals surface area contributed by atoms with Crippen molar-refractivity contribution in [3.8, 4) is 45.8 Å². The normalized spacial score (nSPS) is 11.1. The van der Waals surface area contributed by atoms with Gasteiger partial charge in [-0.2, -0.15) is 10.5 Å². The molecule has 0 aliphatic carbocycles. The zero-order chi connectivity index (χ0) is 33.8. The molecule has 0 saturated carbocycles. The lowest BCUT2D eigenvalue weighted by atomic mass is 9.93. The summed E-state index contributed by atoms with van der Waals surface area (Å²) in [4.78, 5) is 3.67. The molecule has 0 atom stereocenters. The molecule has 0 N–H and O–H groups in total. The van der Waals surface area contributed by atoms with Crippen LogP contribution in [0.3, 0.4) is 0 Å². The first kappa shape index (κ1) is 28.8. The summed E-state index contributed by atoms with van der Waals surface area (Å²) in [5, 5.41) is 24.9. The van der Waals surface area contributed by atoms with Crippen LogP contribution in [-0.2, 0) is 0 Å². The van der Waals surface area contributed by atoms with Crippen LogP contribution in [0.15, 0.2) is 152 Å². The number of nitrogens with zero attached hydrogens (tertiary/aromatic N) is 5. The molecule has 230 valence electrons. The Morgan fingerprint density at radius 2 is 1.12 bits per heavy atom. The first-order valence-electron chi connectivity index (χ1n) is 16.3. The van der Waals surface area contributed by atoms with E-state index in [2.05, 4.69) is 117 Å². The Balaban J connectivity index is 1.22. The molecule has 5 heteroatoms. The lowest BCUT2D eigenvalue weighted by molar-refractivity contribution is 1.18. The molecule has 7 aromatic carbocycles.